The Hall–Kier alpha value is -1.58. The highest BCUT2D eigenvalue weighted by atomic mass is 28.4. The van der Waals surface area contributed by atoms with Crippen molar-refractivity contribution in [1.29, 1.82) is 0 Å². The topological polar surface area (TPSA) is 18.5 Å². The van der Waals surface area contributed by atoms with E-state index in [0.717, 1.165) is 12.2 Å². The van der Waals surface area contributed by atoms with Gasteiger partial charge in [0.1, 0.15) is 5.75 Å². The number of rotatable bonds is 5. The maximum atomic E-state index is 6.66. The highest BCUT2D eigenvalue weighted by molar-refractivity contribution is 6.69. The van der Waals surface area contributed by atoms with Gasteiger partial charge in [0.15, 0.2) is 8.32 Å². The van der Waals surface area contributed by atoms with Gasteiger partial charge in [-0.3, -0.25) is 0 Å². The second-order valence-electron chi connectivity index (χ2n) is 7.00. The van der Waals surface area contributed by atoms with Crippen molar-refractivity contribution < 1.29 is 9.16 Å². The lowest BCUT2D eigenvalue weighted by Crippen LogP contribution is -2.33. The van der Waals surface area contributed by atoms with Crippen LogP contribution >= 0.6 is 0 Å². The normalized spacial score (nSPS) is 24.1. The Labute approximate surface area is 134 Å². The molecule has 1 aliphatic carbocycles. The third-order valence-electron chi connectivity index (χ3n) is 4.18. The third kappa shape index (κ3) is 2.96. The fraction of sp³-hybridized carbons (Fsp3) is 0.368. The molecule has 0 heterocycles. The van der Waals surface area contributed by atoms with Gasteiger partial charge in [-0.05, 0) is 49.3 Å². The second-order valence-corrected chi connectivity index (χ2v) is 11.4. The summed E-state index contributed by atoms with van der Waals surface area (Å²) in [6, 6.07) is 19.1. The largest absolute Gasteiger partial charge is 0.497 e. The van der Waals surface area contributed by atoms with Gasteiger partial charge < -0.3 is 9.16 Å². The zero-order valence-corrected chi connectivity index (χ0v) is 14.8. The monoisotopic (exact) mass is 312 g/mol. The van der Waals surface area contributed by atoms with Crippen LogP contribution in [0.15, 0.2) is 54.6 Å². The molecule has 2 unspecified atom stereocenters. The van der Waals surface area contributed by atoms with Crippen molar-refractivity contribution in [3.05, 3.63) is 65.7 Å². The molecule has 22 heavy (non-hydrogen) atoms. The van der Waals surface area contributed by atoms with Gasteiger partial charge in [0, 0.05) is 5.92 Å². The predicted octanol–water partition coefficient (Wildman–Crippen LogP) is 4.93. The van der Waals surface area contributed by atoms with Crippen molar-refractivity contribution >= 4 is 8.32 Å². The van der Waals surface area contributed by atoms with Crippen LogP contribution in [0.3, 0.4) is 0 Å². The molecule has 0 aliphatic heterocycles. The molecule has 0 bridgehead atoms. The Bertz CT molecular complexity index is 631. The fourth-order valence-electron chi connectivity index (χ4n) is 3.23. The Morgan fingerprint density at radius 2 is 1.59 bits per heavy atom. The Kier molecular flexibility index (Phi) is 3.87. The summed E-state index contributed by atoms with van der Waals surface area (Å²) in [4.78, 5) is 0. The lowest BCUT2D eigenvalue weighted by molar-refractivity contribution is 0.165. The van der Waals surface area contributed by atoms with Crippen LogP contribution in [0.25, 0.3) is 0 Å². The summed E-state index contributed by atoms with van der Waals surface area (Å²) in [6.07, 6.45) is 1.06. The summed E-state index contributed by atoms with van der Waals surface area (Å²) in [6.45, 7) is 6.79. The van der Waals surface area contributed by atoms with E-state index in [1.54, 1.807) is 7.11 Å². The molecule has 1 aliphatic rings. The van der Waals surface area contributed by atoms with Crippen molar-refractivity contribution in [2.24, 2.45) is 0 Å². The molecule has 2 aromatic rings. The molecule has 0 radical (unpaired) electrons. The molecule has 2 aromatic carbocycles. The van der Waals surface area contributed by atoms with Crippen LogP contribution < -0.4 is 4.74 Å². The van der Waals surface area contributed by atoms with E-state index in [-0.39, 0.29) is 5.60 Å². The molecule has 3 heteroatoms. The molecule has 2 atom stereocenters. The first-order valence-corrected chi connectivity index (χ1v) is 11.3. The van der Waals surface area contributed by atoms with E-state index in [1.165, 1.54) is 11.1 Å². The number of hydrogen-bond acceptors (Lipinski definition) is 2. The lowest BCUT2D eigenvalue weighted by Gasteiger charge is -2.28. The number of ether oxygens (including phenoxy) is 1. The summed E-state index contributed by atoms with van der Waals surface area (Å²) < 4.78 is 11.9. The maximum absolute atomic E-state index is 6.66. The summed E-state index contributed by atoms with van der Waals surface area (Å²) in [5.74, 6) is 1.35. The van der Waals surface area contributed by atoms with E-state index in [0.29, 0.717) is 5.92 Å². The van der Waals surface area contributed by atoms with Gasteiger partial charge in [-0.15, -0.1) is 0 Å². The summed E-state index contributed by atoms with van der Waals surface area (Å²) >= 11 is 0. The van der Waals surface area contributed by atoms with Crippen LogP contribution in [0.1, 0.15) is 23.5 Å². The molecule has 116 valence electrons. The first kappa shape index (κ1) is 15.3. The van der Waals surface area contributed by atoms with Gasteiger partial charge in [0.05, 0.1) is 12.7 Å². The van der Waals surface area contributed by atoms with Gasteiger partial charge in [0.2, 0.25) is 0 Å². The number of benzene rings is 2. The molecule has 2 nitrogen and oxygen atoms in total. The third-order valence-corrected chi connectivity index (χ3v) is 5.16. The SMILES string of the molecule is COc1ccc(C2(O[Si](C)(C)C)CC2c2ccccc2)cc1. The minimum atomic E-state index is -1.64. The molecule has 3 rings (SSSR count). The molecule has 0 spiro atoms. The Morgan fingerprint density at radius 1 is 0.955 bits per heavy atom. The van der Waals surface area contributed by atoms with Crippen molar-refractivity contribution in [2.45, 2.75) is 37.6 Å². The molecule has 0 saturated heterocycles. The van der Waals surface area contributed by atoms with Crippen molar-refractivity contribution in [3.8, 4) is 5.75 Å². The molecular weight excluding hydrogens is 288 g/mol. The van der Waals surface area contributed by atoms with Crippen LogP contribution in [0, 0.1) is 0 Å². The van der Waals surface area contributed by atoms with Crippen molar-refractivity contribution in [2.75, 3.05) is 7.11 Å². The van der Waals surface area contributed by atoms with E-state index >= 15 is 0 Å². The van der Waals surface area contributed by atoms with Crippen molar-refractivity contribution in [3.63, 3.8) is 0 Å². The quantitative estimate of drug-likeness (QED) is 0.729. The van der Waals surface area contributed by atoms with Gasteiger partial charge >= 0.3 is 0 Å². The van der Waals surface area contributed by atoms with E-state index in [2.05, 4.69) is 62.1 Å². The van der Waals surface area contributed by atoms with Gasteiger partial charge in [-0.1, -0.05) is 42.5 Å². The first-order chi connectivity index (χ1) is 10.4. The molecular formula is C19H24O2Si. The zero-order valence-electron chi connectivity index (χ0n) is 13.8. The van der Waals surface area contributed by atoms with Crippen LogP contribution in [-0.4, -0.2) is 15.4 Å². The molecule has 1 fully saturated rings. The van der Waals surface area contributed by atoms with Crippen LogP contribution in [0.2, 0.25) is 19.6 Å². The van der Waals surface area contributed by atoms with Gasteiger partial charge in [0.25, 0.3) is 0 Å². The fourth-order valence-corrected chi connectivity index (χ4v) is 4.66. The number of hydrogen-bond donors (Lipinski definition) is 0. The maximum Gasteiger partial charge on any atom is 0.185 e. The minimum absolute atomic E-state index is 0.155. The van der Waals surface area contributed by atoms with Crippen molar-refractivity contribution in [1.82, 2.24) is 0 Å². The van der Waals surface area contributed by atoms with E-state index in [4.69, 9.17) is 9.16 Å². The van der Waals surface area contributed by atoms with Gasteiger partial charge in [-0.2, -0.15) is 0 Å². The summed E-state index contributed by atoms with van der Waals surface area (Å²) in [7, 11) is 0.0609. The van der Waals surface area contributed by atoms with E-state index < -0.39 is 8.32 Å². The summed E-state index contributed by atoms with van der Waals surface area (Å²) in [5.41, 5.74) is 2.49. The Morgan fingerprint density at radius 3 is 2.14 bits per heavy atom. The highest BCUT2D eigenvalue weighted by Crippen LogP contribution is 2.62. The van der Waals surface area contributed by atoms with Crippen LogP contribution in [0.5, 0.6) is 5.75 Å². The first-order valence-electron chi connectivity index (χ1n) is 7.84. The zero-order chi connectivity index (χ0) is 15.8. The van der Waals surface area contributed by atoms with Gasteiger partial charge in [-0.25, -0.2) is 0 Å². The van der Waals surface area contributed by atoms with Crippen LogP contribution in [-0.2, 0) is 10.0 Å². The predicted molar refractivity (Wildman–Crippen MR) is 92.9 cm³/mol. The molecule has 0 N–H and O–H groups in total. The standard InChI is InChI=1S/C19H24O2Si/c1-20-17-12-10-16(11-13-17)19(21-22(2,3)4)14-18(19)15-8-6-5-7-9-15/h5-13,18H,14H2,1-4H3. The smallest absolute Gasteiger partial charge is 0.185 e. The highest BCUT2D eigenvalue weighted by Gasteiger charge is 2.58. The van der Waals surface area contributed by atoms with Crippen LogP contribution in [0.4, 0.5) is 0 Å². The summed E-state index contributed by atoms with van der Waals surface area (Å²) in [5, 5.41) is 0. The Balaban J connectivity index is 1.95. The second kappa shape index (κ2) is 5.56. The molecule has 0 amide bonds. The van der Waals surface area contributed by atoms with E-state index in [9.17, 15) is 0 Å². The van der Waals surface area contributed by atoms with E-state index in [1.807, 2.05) is 12.1 Å². The average molecular weight is 312 g/mol. The molecule has 1 saturated carbocycles. The average Bonchev–Trinajstić information content (AvgIpc) is 3.21. The lowest BCUT2D eigenvalue weighted by atomic mass is 10.0. The number of methoxy groups -OCH3 is 1. The minimum Gasteiger partial charge on any atom is -0.497 e. The molecule has 0 aromatic heterocycles.